The van der Waals surface area contributed by atoms with E-state index in [0.717, 1.165) is 10.9 Å². The van der Waals surface area contributed by atoms with Gasteiger partial charge in [-0.15, -0.1) is 0 Å². The van der Waals surface area contributed by atoms with Gasteiger partial charge in [0.25, 0.3) is 0 Å². The van der Waals surface area contributed by atoms with Gasteiger partial charge in [0.05, 0.1) is 12.5 Å². The van der Waals surface area contributed by atoms with Crippen molar-refractivity contribution in [1.29, 1.82) is 0 Å². The topological polar surface area (TPSA) is 352 Å². The number of thioether (sulfide) groups is 1. The molecule has 64 heavy (non-hydrogen) atoms. The number of carbonyl (C=O) groups excluding carboxylic acids is 8. The minimum Gasteiger partial charge on any atom is -0.480 e. The molecule has 0 spiro atoms. The van der Waals surface area contributed by atoms with Crippen LogP contribution in [0.5, 0.6) is 0 Å². The number of aromatic nitrogens is 1. The molecule has 15 N–H and O–H groups in total. The average molecular weight is 954 g/mol. The fourth-order valence-corrected chi connectivity index (χ4v) is 7.11. The smallest absolute Gasteiger partial charge is 0.327 e. The third-order valence-corrected chi connectivity index (χ3v) is 11.3. The van der Waals surface area contributed by atoms with Gasteiger partial charge in [-0.25, -0.2) is 4.79 Å². The number of thiol groups is 2. The molecule has 8 atom stereocenters. The first-order valence-electron chi connectivity index (χ1n) is 20.6. The summed E-state index contributed by atoms with van der Waals surface area (Å²) in [6.45, 7) is 4.82. The van der Waals surface area contributed by atoms with Crippen molar-refractivity contribution >= 4 is 101 Å². The van der Waals surface area contributed by atoms with E-state index in [0.29, 0.717) is 30.7 Å². The van der Waals surface area contributed by atoms with E-state index >= 15 is 0 Å². The van der Waals surface area contributed by atoms with Gasteiger partial charge in [0.2, 0.25) is 47.3 Å². The van der Waals surface area contributed by atoms with Gasteiger partial charge in [0.15, 0.2) is 0 Å². The van der Waals surface area contributed by atoms with Gasteiger partial charge in [-0.1, -0.05) is 32.0 Å². The molecule has 0 saturated heterocycles. The maximum Gasteiger partial charge on any atom is 0.327 e. The Labute approximate surface area is 387 Å². The Balaban J connectivity index is 2.41. The first-order valence-corrected chi connectivity index (χ1v) is 23.3. The summed E-state index contributed by atoms with van der Waals surface area (Å²) in [5.41, 5.74) is 18.4. The molecular weight excluding hydrogens is 891 g/mol. The van der Waals surface area contributed by atoms with E-state index in [1.54, 1.807) is 32.4 Å². The Morgan fingerprint density at radius 2 is 1.27 bits per heavy atom. The highest BCUT2D eigenvalue weighted by Crippen LogP contribution is 2.20. The summed E-state index contributed by atoms with van der Waals surface area (Å²) < 4.78 is 0. The monoisotopic (exact) mass is 953 g/mol. The third-order valence-electron chi connectivity index (χ3n) is 9.92. The van der Waals surface area contributed by atoms with Crippen LogP contribution in [0.15, 0.2) is 30.5 Å². The molecule has 8 amide bonds. The van der Waals surface area contributed by atoms with Gasteiger partial charge in [0, 0.05) is 35.0 Å². The van der Waals surface area contributed by atoms with Crippen molar-refractivity contribution in [3.63, 3.8) is 0 Å². The van der Waals surface area contributed by atoms with Crippen molar-refractivity contribution in [3.05, 3.63) is 36.0 Å². The molecule has 0 saturated carbocycles. The van der Waals surface area contributed by atoms with E-state index in [9.17, 15) is 48.3 Å². The largest absolute Gasteiger partial charge is 0.480 e. The van der Waals surface area contributed by atoms with Crippen molar-refractivity contribution < 1.29 is 48.3 Å². The van der Waals surface area contributed by atoms with Crippen LogP contribution in [-0.4, -0.2) is 142 Å². The molecule has 1 aromatic heterocycles. The lowest BCUT2D eigenvalue weighted by molar-refractivity contribution is -0.141. The highest BCUT2D eigenvalue weighted by Gasteiger charge is 2.35. The van der Waals surface area contributed by atoms with Gasteiger partial charge < -0.3 is 64.5 Å². The number of hydrogen-bond donors (Lipinski definition) is 14. The van der Waals surface area contributed by atoms with Gasteiger partial charge in [-0.2, -0.15) is 37.0 Å². The molecule has 0 aliphatic rings. The molecular formula is C40H63N11O10S3. The zero-order valence-electron chi connectivity index (χ0n) is 36.3. The first kappa shape index (κ1) is 55.1. The summed E-state index contributed by atoms with van der Waals surface area (Å²) in [5.74, 6) is -8.40. The molecule has 2 aromatic rings. The van der Waals surface area contributed by atoms with Crippen LogP contribution in [-0.2, 0) is 49.6 Å². The Kier molecular flexibility index (Phi) is 24.1. The van der Waals surface area contributed by atoms with Crippen molar-refractivity contribution in [3.8, 4) is 0 Å². The number of amides is 8. The van der Waals surface area contributed by atoms with Crippen molar-refractivity contribution in [2.75, 3.05) is 30.1 Å². The average Bonchev–Trinajstić information content (AvgIpc) is 3.66. The lowest BCUT2D eigenvalue weighted by Crippen LogP contribution is -2.61. The predicted molar refractivity (Wildman–Crippen MR) is 249 cm³/mol. The van der Waals surface area contributed by atoms with Crippen LogP contribution in [0.4, 0.5) is 0 Å². The highest BCUT2D eigenvalue weighted by molar-refractivity contribution is 7.98. The summed E-state index contributed by atoms with van der Waals surface area (Å²) in [5, 5.41) is 27.7. The van der Waals surface area contributed by atoms with Gasteiger partial charge in [0.1, 0.15) is 42.3 Å². The molecule has 21 nitrogen and oxygen atoms in total. The Hall–Kier alpha value is -5.04. The number of hydrogen-bond acceptors (Lipinski definition) is 14. The Bertz CT molecular complexity index is 1940. The third kappa shape index (κ3) is 17.9. The maximum absolute atomic E-state index is 14.3. The fraction of sp³-hybridized carbons (Fsp3) is 0.575. The number of nitrogens with two attached hydrogens (primary N) is 3. The number of H-pyrrole nitrogens is 1. The number of fused-ring (bicyclic) bond motifs is 1. The molecule has 0 unspecified atom stereocenters. The number of carboxylic acid groups (broad SMARTS) is 1. The van der Waals surface area contributed by atoms with Crippen molar-refractivity contribution in [1.82, 2.24) is 42.2 Å². The van der Waals surface area contributed by atoms with Crippen LogP contribution in [0.25, 0.3) is 10.9 Å². The predicted octanol–water partition coefficient (Wildman–Crippen LogP) is -2.19. The van der Waals surface area contributed by atoms with Gasteiger partial charge in [-0.05, 0) is 68.7 Å². The lowest BCUT2D eigenvalue weighted by Gasteiger charge is -2.28. The molecule has 0 aliphatic heterocycles. The summed E-state index contributed by atoms with van der Waals surface area (Å²) in [7, 11) is 0. The van der Waals surface area contributed by atoms with Gasteiger partial charge in [-0.3, -0.25) is 38.4 Å². The summed E-state index contributed by atoms with van der Waals surface area (Å²) in [4.78, 5) is 121. The summed E-state index contributed by atoms with van der Waals surface area (Å²) in [6, 6.07) is -2.97. The number of unbranched alkanes of at least 4 members (excludes halogenated alkanes) is 1. The number of aromatic amines is 1. The highest BCUT2D eigenvalue weighted by atomic mass is 32.2. The maximum atomic E-state index is 14.3. The zero-order chi connectivity index (χ0) is 48.1. The number of benzene rings is 1. The Morgan fingerprint density at radius 1 is 0.703 bits per heavy atom. The fourth-order valence-electron chi connectivity index (χ4n) is 6.22. The first-order chi connectivity index (χ1) is 30.3. The van der Waals surface area contributed by atoms with E-state index in [1.807, 2.05) is 18.2 Å². The van der Waals surface area contributed by atoms with Crippen LogP contribution >= 0.6 is 37.0 Å². The molecule has 0 bridgehead atoms. The molecule has 24 heteroatoms. The van der Waals surface area contributed by atoms with E-state index in [2.05, 4.69) is 67.5 Å². The van der Waals surface area contributed by atoms with E-state index < -0.39 is 114 Å². The standard InChI is InChI=1S/C40H63N11O10S3/c1-20(2)32(39(59)45-21(3)33(53)50-30(19-63)40(60)61)51-38(58)29(16-31(43)52)49-36(56)27(12-14-64-4)47-37(57)28(15-22-17-44-25-10-6-5-9-23(22)25)48-35(55)26(11-7-8-13-41)46-34(54)24(42)18-62/h5-6,9-10,17,20-21,24,26-30,32,44,62-63H,7-8,11-16,18-19,41-42H2,1-4H3,(H2,43,52)(H,45,59)(H,46,54)(H,47,57)(H,48,55)(H,49,56)(H,50,53)(H,51,58)(H,60,61)/t21-,24-,26-,27-,28-,29-,30-,32-/m0/s1. The number of carbonyl (C=O) groups is 9. The zero-order valence-corrected chi connectivity index (χ0v) is 38.9. The molecule has 0 radical (unpaired) electrons. The van der Waals surface area contributed by atoms with E-state index in [-0.39, 0.29) is 30.8 Å². The van der Waals surface area contributed by atoms with Crippen molar-refractivity contribution in [2.24, 2.45) is 23.1 Å². The number of nitrogens with one attached hydrogen (secondary N) is 8. The van der Waals surface area contributed by atoms with Crippen molar-refractivity contribution in [2.45, 2.75) is 108 Å². The number of para-hydroxylation sites is 1. The molecule has 2 rings (SSSR count). The van der Waals surface area contributed by atoms with E-state index in [1.165, 1.54) is 18.7 Å². The molecule has 0 fully saturated rings. The van der Waals surface area contributed by atoms with Crippen LogP contribution in [0.1, 0.15) is 58.4 Å². The summed E-state index contributed by atoms with van der Waals surface area (Å²) in [6.07, 6.45) is 3.91. The molecule has 356 valence electrons. The molecule has 1 heterocycles. The normalized spacial score (nSPS) is 15.0. The molecule has 1 aromatic carbocycles. The van der Waals surface area contributed by atoms with Gasteiger partial charge >= 0.3 is 5.97 Å². The minimum absolute atomic E-state index is 0.0120. The number of carboxylic acids is 1. The lowest BCUT2D eigenvalue weighted by atomic mass is 10.0. The van der Waals surface area contributed by atoms with Crippen LogP contribution in [0, 0.1) is 5.92 Å². The quantitative estimate of drug-likeness (QED) is 0.0305. The molecule has 0 aliphatic carbocycles. The second-order valence-electron chi connectivity index (χ2n) is 15.4. The van der Waals surface area contributed by atoms with Crippen LogP contribution in [0.3, 0.4) is 0 Å². The number of aliphatic carboxylic acids is 1. The summed E-state index contributed by atoms with van der Waals surface area (Å²) >= 11 is 9.34. The van der Waals surface area contributed by atoms with Crippen LogP contribution < -0.4 is 54.4 Å². The second kappa shape index (κ2) is 28.0. The Morgan fingerprint density at radius 3 is 1.84 bits per heavy atom. The number of primary amides is 1. The van der Waals surface area contributed by atoms with Crippen LogP contribution in [0.2, 0.25) is 0 Å². The number of rotatable bonds is 29. The minimum atomic E-state index is -1.64. The second-order valence-corrected chi connectivity index (χ2v) is 17.1. The SMILES string of the molecule is CSCC[C@H](NC(=O)[C@H](Cc1c[nH]c2ccccc12)NC(=O)[C@H](CCCCN)NC(=O)[C@@H](N)CS)C(=O)N[C@@H](CC(N)=O)C(=O)N[C@H](C(=O)N[C@@H](C)C(=O)N[C@@H](CS)C(=O)O)C(C)C. The van der Waals surface area contributed by atoms with E-state index in [4.69, 9.17) is 17.2 Å².